The van der Waals surface area contributed by atoms with E-state index in [1.165, 1.54) is 6.08 Å². The number of azo groups is 1. The van der Waals surface area contributed by atoms with E-state index in [9.17, 15) is 9.18 Å². The van der Waals surface area contributed by atoms with Crippen molar-refractivity contribution in [1.82, 2.24) is 10.6 Å². The molecule has 1 unspecified atom stereocenters. The Hall–Kier alpha value is -3.61. The Kier molecular flexibility index (Phi) is 4.82. The number of aliphatic imine (C=N–C) groups is 1. The van der Waals surface area contributed by atoms with E-state index in [1.807, 2.05) is 26.3 Å². The Labute approximate surface area is 204 Å². The van der Waals surface area contributed by atoms with Gasteiger partial charge in [0, 0.05) is 35.9 Å². The minimum Gasteiger partial charge on any atom is -0.362 e. The molecule has 1 aliphatic carbocycles. The summed E-state index contributed by atoms with van der Waals surface area (Å²) in [5.41, 5.74) is 6.72. The Morgan fingerprint density at radius 3 is 2.89 bits per heavy atom. The summed E-state index contributed by atoms with van der Waals surface area (Å²) < 4.78 is 13.9. The van der Waals surface area contributed by atoms with Crippen LogP contribution in [0, 0.1) is 0 Å². The molecule has 6 rings (SSSR count). The Morgan fingerprint density at radius 1 is 1.20 bits per heavy atom. The van der Waals surface area contributed by atoms with Gasteiger partial charge in [-0.1, -0.05) is 31.2 Å². The molecular formula is C28H28FN5O. The zero-order valence-corrected chi connectivity index (χ0v) is 20.2. The fraction of sp³-hybridized carbons (Fsp3) is 0.357. The quantitative estimate of drug-likeness (QED) is 0.610. The Morgan fingerprint density at radius 2 is 2.06 bits per heavy atom. The summed E-state index contributed by atoms with van der Waals surface area (Å²) >= 11 is 0. The first-order valence-corrected chi connectivity index (χ1v) is 12.2. The molecule has 178 valence electrons. The number of carbonyl (C=O) groups is 1. The van der Waals surface area contributed by atoms with Gasteiger partial charge in [-0.3, -0.25) is 9.79 Å². The van der Waals surface area contributed by atoms with Gasteiger partial charge in [-0.25, -0.2) is 4.39 Å². The van der Waals surface area contributed by atoms with Crippen molar-refractivity contribution in [3.63, 3.8) is 0 Å². The number of carbonyl (C=O) groups excluding carboxylic acids is 1. The summed E-state index contributed by atoms with van der Waals surface area (Å²) in [5.74, 6) is -0.292. The first-order valence-electron chi connectivity index (χ1n) is 12.2. The van der Waals surface area contributed by atoms with E-state index < -0.39 is 5.41 Å². The van der Waals surface area contributed by atoms with Gasteiger partial charge >= 0.3 is 0 Å². The van der Waals surface area contributed by atoms with E-state index in [-0.39, 0.29) is 23.4 Å². The molecule has 6 nitrogen and oxygen atoms in total. The zero-order chi connectivity index (χ0) is 24.4. The van der Waals surface area contributed by atoms with Gasteiger partial charge in [0.1, 0.15) is 5.83 Å². The van der Waals surface area contributed by atoms with Crippen molar-refractivity contribution in [3.8, 4) is 0 Å². The Balaban J connectivity index is 1.53. The second-order valence-corrected chi connectivity index (χ2v) is 10.4. The summed E-state index contributed by atoms with van der Waals surface area (Å²) in [7, 11) is 0. The van der Waals surface area contributed by atoms with Gasteiger partial charge in [-0.2, -0.15) is 10.2 Å². The number of nitrogens with one attached hydrogen (secondary N) is 2. The Bertz CT molecular complexity index is 1370. The van der Waals surface area contributed by atoms with Gasteiger partial charge in [-0.15, -0.1) is 0 Å². The summed E-state index contributed by atoms with van der Waals surface area (Å²) in [6, 6.07) is 8.44. The van der Waals surface area contributed by atoms with Crippen LogP contribution in [0.25, 0.3) is 5.57 Å². The summed E-state index contributed by atoms with van der Waals surface area (Å²) in [6.45, 7) is 6.20. The number of benzene rings is 1. The standard InChI is InChI=1S/C28H28FN5O/c1-4-28(21-15-31-34-25(21)32-23-14-27(2,3)33-26(35)24(23)28)17-7-5-6-16(12-17)19-10-11-30-22-13-18(29)8-9-20(19)22/h5-8,11-13,15,25,32H,4,9-10,14H2,1-3H3,(H,33,35)/t25?,28-/m0/s1. The van der Waals surface area contributed by atoms with Crippen molar-refractivity contribution < 1.29 is 9.18 Å². The van der Waals surface area contributed by atoms with Crippen LogP contribution < -0.4 is 10.6 Å². The topological polar surface area (TPSA) is 78.2 Å². The van der Waals surface area contributed by atoms with Crippen LogP contribution in [0.5, 0.6) is 0 Å². The molecule has 35 heavy (non-hydrogen) atoms. The van der Waals surface area contributed by atoms with Gasteiger partial charge in [0.05, 0.1) is 22.9 Å². The van der Waals surface area contributed by atoms with Crippen molar-refractivity contribution in [2.75, 3.05) is 0 Å². The molecule has 1 aromatic rings. The second-order valence-electron chi connectivity index (χ2n) is 10.4. The highest BCUT2D eigenvalue weighted by atomic mass is 19.1. The number of amides is 1. The van der Waals surface area contributed by atoms with E-state index in [0.717, 1.165) is 39.1 Å². The maximum atomic E-state index is 13.9. The van der Waals surface area contributed by atoms with Crippen molar-refractivity contribution in [2.45, 2.75) is 63.6 Å². The minimum absolute atomic E-state index is 0.0489. The summed E-state index contributed by atoms with van der Waals surface area (Å²) in [5, 5.41) is 15.4. The molecule has 4 aliphatic heterocycles. The van der Waals surface area contributed by atoms with Crippen LogP contribution in [0.15, 0.2) is 91.8 Å². The van der Waals surface area contributed by atoms with Crippen LogP contribution in [-0.4, -0.2) is 23.8 Å². The predicted octanol–water partition coefficient (Wildman–Crippen LogP) is 5.54. The lowest BCUT2D eigenvalue weighted by molar-refractivity contribution is -0.120. The van der Waals surface area contributed by atoms with Crippen molar-refractivity contribution >= 4 is 17.7 Å². The maximum absolute atomic E-state index is 13.9. The molecule has 1 amide bonds. The highest BCUT2D eigenvalue weighted by Crippen LogP contribution is 2.51. The maximum Gasteiger partial charge on any atom is 0.250 e. The molecule has 0 spiro atoms. The normalized spacial score (nSPS) is 28.4. The molecule has 0 saturated carbocycles. The number of fused-ring (bicyclic) bond motifs is 2. The molecule has 0 bridgehead atoms. The number of dihydropyridines is 1. The van der Waals surface area contributed by atoms with E-state index >= 15 is 0 Å². The molecule has 0 aromatic heterocycles. The average molecular weight is 470 g/mol. The molecule has 0 fully saturated rings. The molecule has 1 aromatic carbocycles. The van der Waals surface area contributed by atoms with E-state index in [0.29, 0.717) is 31.4 Å². The smallest absolute Gasteiger partial charge is 0.250 e. The monoisotopic (exact) mass is 469 g/mol. The highest BCUT2D eigenvalue weighted by Gasteiger charge is 2.53. The first kappa shape index (κ1) is 21.9. The highest BCUT2D eigenvalue weighted by molar-refractivity contribution is 6.00. The van der Waals surface area contributed by atoms with Crippen LogP contribution in [0.3, 0.4) is 0 Å². The van der Waals surface area contributed by atoms with Gasteiger partial charge in [-0.05, 0) is 61.1 Å². The molecule has 2 atom stereocenters. The number of hydrogen-bond donors (Lipinski definition) is 2. The molecule has 0 radical (unpaired) electrons. The summed E-state index contributed by atoms with van der Waals surface area (Å²) in [4.78, 5) is 18.0. The van der Waals surface area contributed by atoms with E-state index in [4.69, 9.17) is 0 Å². The van der Waals surface area contributed by atoms with Crippen LogP contribution in [0.1, 0.15) is 57.6 Å². The molecule has 0 saturated heterocycles. The largest absolute Gasteiger partial charge is 0.362 e. The van der Waals surface area contributed by atoms with Gasteiger partial charge in [0.25, 0.3) is 5.91 Å². The fourth-order valence-electron chi connectivity index (χ4n) is 6.20. The molecule has 5 aliphatic rings. The van der Waals surface area contributed by atoms with Crippen LogP contribution in [-0.2, 0) is 10.2 Å². The lowest BCUT2D eigenvalue weighted by Crippen LogP contribution is -2.58. The lowest BCUT2D eigenvalue weighted by atomic mass is 9.62. The predicted molar refractivity (Wildman–Crippen MR) is 134 cm³/mol. The minimum atomic E-state index is -0.642. The zero-order valence-electron chi connectivity index (χ0n) is 20.2. The third-order valence-electron chi connectivity index (χ3n) is 7.71. The van der Waals surface area contributed by atoms with Gasteiger partial charge in [0.2, 0.25) is 0 Å². The number of allylic oxidation sites excluding steroid dienone is 5. The fourth-order valence-corrected chi connectivity index (χ4v) is 6.20. The number of halogens is 1. The van der Waals surface area contributed by atoms with Crippen LogP contribution in [0.4, 0.5) is 4.39 Å². The lowest BCUT2D eigenvalue weighted by Gasteiger charge is -2.48. The second kappa shape index (κ2) is 7.70. The van der Waals surface area contributed by atoms with Crippen molar-refractivity contribution in [2.24, 2.45) is 15.2 Å². The van der Waals surface area contributed by atoms with E-state index in [1.54, 1.807) is 6.08 Å². The van der Waals surface area contributed by atoms with Crippen LogP contribution >= 0.6 is 0 Å². The summed E-state index contributed by atoms with van der Waals surface area (Å²) in [6.07, 6.45) is 9.10. The van der Waals surface area contributed by atoms with Crippen molar-refractivity contribution in [1.29, 1.82) is 0 Å². The van der Waals surface area contributed by atoms with Gasteiger partial charge < -0.3 is 10.6 Å². The molecule has 4 heterocycles. The van der Waals surface area contributed by atoms with Gasteiger partial charge in [0.15, 0.2) is 6.17 Å². The van der Waals surface area contributed by atoms with E-state index in [2.05, 4.69) is 57.0 Å². The number of rotatable bonds is 3. The molecular weight excluding hydrogens is 441 g/mol. The number of hydrogen-bond acceptors (Lipinski definition) is 5. The van der Waals surface area contributed by atoms with Crippen molar-refractivity contribution in [3.05, 3.63) is 87.7 Å². The third-order valence-corrected chi connectivity index (χ3v) is 7.71. The van der Waals surface area contributed by atoms with Crippen LogP contribution in [0.2, 0.25) is 0 Å². The average Bonchev–Trinajstić information content (AvgIpc) is 3.30. The third kappa shape index (κ3) is 3.28. The SMILES string of the molecule is CC[C@]1(c2cccc(C3=C4CC=C(F)C=C4N=CC3)c2)C2=CN=NC2NC2=C1C(=O)NC(C)(C)C2. The molecule has 2 N–H and O–H groups in total. The molecule has 7 heteroatoms. The number of nitrogens with zero attached hydrogens (tertiary/aromatic N) is 3. The first-order chi connectivity index (χ1) is 16.8.